The summed E-state index contributed by atoms with van der Waals surface area (Å²) < 4.78 is 5.73. The molecule has 0 bridgehead atoms. The molecule has 2 fully saturated rings. The van der Waals surface area contributed by atoms with Gasteiger partial charge in [0.2, 0.25) is 0 Å². The van der Waals surface area contributed by atoms with Crippen molar-refractivity contribution in [3.63, 3.8) is 0 Å². The molecule has 2 atom stereocenters. The van der Waals surface area contributed by atoms with Gasteiger partial charge in [0.1, 0.15) is 5.78 Å². The summed E-state index contributed by atoms with van der Waals surface area (Å²) in [6.45, 7) is 3.00. The zero-order valence-corrected chi connectivity index (χ0v) is 11.0. The first-order valence-electron chi connectivity index (χ1n) is 7.08. The lowest BCUT2D eigenvalue weighted by Crippen LogP contribution is -2.34. The molecule has 0 aromatic carbocycles. The number of Topliss-reactive ketones (excluding diaryl/α,β-unsaturated/α-hetero) is 1. The molecular formula is C14H25NO2. The van der Waals surface area contributed by atoms with Crippen LogP contribution < -0.4 is 0 Å². The normalized spacial score (nSPS) is 30.1. The first-order chi connectivity index (χ1) is 8.25. The molecule has 0 amide bonds. The number of nitrogens with zero attached hydrogens (tertiary/aromatic N) is 1. The van der Waals surface area contributed by atoms with Gasteiger partial charge in [0.05, 0.1) is 6.10 Å². The van der Waals surface area contributed by atoms with Crippen LogP contribution in [-0.4, -0.2) is 43.5 Å². The van der Waals surface area contributed by atoms with E-state index in [1.807, 2.05) is 0 Å². The Bertz CT molecular complexity index is 249. The molecule has 3 nitrogen and oxygen atoms in total. The molecule has 1 aliphatic carbocycles. The number of rotatable bonds is 5. The Kier molecular flexibility index (Phi) is 4.99. The Morgan fingerprint density at radius 1 is 1.29 bits per heavy atom. The van der Waals surface area contributed by atoms with Crippen LogP contribution in [0.2, 0.25) is 0 Å². The van der Waals surface area contributed by atoms with E-state index in [1.54, 1.807) is 0 Å². The minimum absolute atomic E-state index is 0.352. The average Bonchev–Trinajstić information content (AvgIpc) is 2.74. The SMILES string of the molecule is CN(CCC1CCCC1=O)CC1CCCCO1. The monoisotopic (exact) mass is 239 g/mol. The van der Waals surface area contributed by atoms with Crippen LogP contribution in [0.1, 0.15) is 44.9 Å². The molecule has 2 aliphatic rings. The Balaban J connectivity index is 1.62. The van der Waals surface area contributed by atoms with Gasteiger partial charge in [0.15, 0.2) is 0 Å². The largest absolute Gasteiger partial charge is 0.377 e. The van der Waals surface area contributed by atoms with E-state index in [-0.39, 0.29) is 0 Å². The number of hydrogen-bond donors (Lipinski definition) is 0. The molecule has 0 radical (unpaired) electrons. The van der Waals surface area contributed by atoms with Crippen LogP contribution in [0.3, 0.4) is 0 Å². The van der Waals surface area contributed by atoms with E-state index >= 15 is 0 Å². The zero-order chi connectivity index (χ0) is 12.1. The van der Waals surface area contributed by atoms with Gasteiger partial charge in [0.25, 0.3) is 0 Å². The van der Waals surface area contributed by atoms with Crippen molar-refractivity contribution in [2.24, 2.45) is 5.92 Å². The second-order valence-corrected chi connectivity index (χ2v) is 5.59. The van der Waals surface area contributed by atoms with E-state index in [9.17, 15) is 4.79 Å². The number of carbonyl (C=O) groups excluding carboxylic acids is 1. The fraction of sp³-hybridized carbons (Fsp3) is 0.929. The maximum atomic E-state index is 11.5. The van der Waals surface area contributed by atoms with Crippen LogP contribution in [0.25, 0.3) is 0 Å². The van der Waals surface area contributed by atoms with E-state index in [1.165, 1.54) is 19.3 Å². The molecule has 0 aromatic heterocycles. The topological polar surface area (TPSA) is 29.5 Å². The molecule has 1 heterocycles. The first kappa shape index (κ1) is 13.0. The lowest BCUT2D eigenvalue weighted by atomic mass is 10.0. The quantitative estimate of drug-likeness (QED) is 0.737. The van der Waals surface area contributed by atoms with Gasteiger partial charge in [-0.2, -0.15) is 0 Å². The Morgan fingerprint density at radius 3 is 2.82 bits per heavy atom. The standard InChI is InChI=1S/C14H25NO2/c1-15(11-13-6-2-3-10-17-13)9-8-12-5-4-7-14(12)16/h12-13H,2-11H2,1H3. The van der Waals surface area contributed by atoms with Crippen LogP contribution >= 0.6 is 0 Å². The third-order valence-electron chi connectivity index (χ3n) is 4.08. The van der Waals surface area contributed by atoms with Gasteiger partial charge in [-0.15, -0.1) is 0 Å². The second kappa shape index (κ2) is 6.50. The molecule has 0 aromatic rings. The van der Waals surface area contributed by atoms with Gasteiger partial charge in [-0.05, 0) is 52.1 Å². The van der Waals surface area contributed by atoms with Crippen LogP contribution in [0.5, 0.6) is 0 Å². The zero-order valence-electron chi connectivity index (χ0n) is 11.0. The number of hydrogen-bond acceptors (Lipinski definition) is 3. The summed E-state index contributed by atoms with van der Waals surface area (Å²) in [7, 11) is 2.15. The maximum absolute atomic E-state index is 11.5. The van der Waals surface area contributed by atoms with Gasteiger partial charge in [0, 0.05) is 25.5 Å². The predicted molar refractivity (Wildman–Crippen MR) is 68.1 cm³/mol. The van der Waals surface area contributed by atoms with Gasteiger partial charge < -0.3 is 9.64 Å². The fourth-order valence-corrected chi connectivity index (χ4v) is 2.96. The van der Waals surface area contributed by atoms with Crippen molar-refractivity contribution in [3.05, 3.63) is 0 Å². The smallest absolute Gasteiger partial charge is 0.136 e. The summed E-state index contributed by atoms with van der Waals surface area (Å²) in [6.07, 6.45) is 8.24. The van der Waals surface area contributed by atoms with E-state index in [0.29, 0.717) is 17.8 Å². The fourth-order valence-electron chi connectivity index (χ4n) is 2.96. The molecule has 17 heavy (non-hydrogen) atoms. The summed E-state index contributed by atoms with van der Waals surface area (Å²) >= 11 is 0. The van der Waals surface area contributed by atoms with Crippen molar-refractivity contribution >= 4 is 5.78 Å². The van der Waals surface area contributed by atoms with Crippen molar-refractivity contribution < 1.29 is 9.53 Å². The summed E-state index contributed by atoms with van der Waals surface area (Å²) in [5, 5.41) is 0. The van der Waals surface area contributed by atoms with Crippen molar-refractivity contribution in [1.29, 1.82) is 0 Å². The molecule has 3 heteroatoms. The van der Waals surface area contributed by atoms with Gasteiger partial charge in [-0.3, -0.25) is 4.79 Å². The van der Waals surface area contributed by atoms with Gasteiger partial charge in [-0.1, -0.05) is 0 Å². The van der Waals surface area contributed by atoms with E-state index in [2.05, 4.69) is 11.9 Å². The number of ketones is 1. The lowest BCUT2D eigenvalue weighted by Gasteiger charge is -2.27. The van der Waals surface area contributed by atoms with Crippen molar-refractivity contribution in [3.8, 4) is 0 Å². The van der Waals surface area contributed by atoms with Crippen molar-refractivity contribution in [2.75, 3.05) is 26.7 Å². The second-order valence-electron chi connectivity index (χ2n) is 5.59. The average molecular weight is 239 g/mol. The molecule has 98 valence electrons. The van der Waals surface area contributed by atoms with E-state index in [0.717, 1.165) is 45.4 Å². The maximum Gasteiger partial charge on any atom is 0.136 e. The van der Waals surface area contributed by atoms with E-state index < -0.39 is 0 Å². The van der Waals surface area contributed by atoms with Crippen LogP contribution in [0, 0.1) is 5.92 Å². The molecule has 2 rings (SSSR count). The highest BCUT2D eigenvalue weighted by Gasteiger charge is 2.24. The molecular weight excluding hydrogens is 214 g/mol. The van der Waals surface area contributed by atoms with Crippen molar-refractivity contribution in [1.82, 2.24) is 4.90 Å². The van der Waals surface area contributed by atoms with Crippen molar-refractivity contribution in [2.45, 2.75) is 51.0 Å². The molecule has 2 unspecified atom stereocenters. The van der Waals surface area contributed by atoms with Crippen LogP contribution in [0.4, 0.5) is 0 Å². The van der Waals surface area contributed by atoms with E-state index in [4.69, 9.17) is 4.74 Å². The summed E-state index contributed by atoms with van der Waals surface area (Å²) in [5.41, 5.74) is 0. The Morgan fingerprint density at radius 2 is 2.18 bits per heavy atom. The van der Waals surface area contributed by atoms with Gasteiger partial charge >= 0.3 is 0 Å². The minimum Gasteiger partial charge on any atom is -0.377 e. The van der Waals surface area contributed by atoms with Crippen LogP contribution in [-0.2, 0) is 9.53 Å². The third kappa shape index (κ3) is 4.07. The third-order valence-corrected chi connectivity index (χ3v) is 4.08. The molecule has 1 aliphatic heterocycles. The van der Waals surface area contributed by atoms with Crippen LogP contribution in [0.15, 0.2) is 0 Å². The number of carbonyl (C=O) groups is 1. The predicted octanol–water partition coefficient (Wildman–Crippen LogP) is 2.25. The summed E-state index contributed by atoms with van der Waals surface area (Å²) in [6, 6.07) is 0. The summed E-state index contributed by atoms with van der Waals surface area (Å²) in [5.74, 6) is 0.844. The first-order valence-corrected chi connectivity index (χ1v) is 7.08. The summed E-state index contributed by atoms with van der Waals surface area (Å²) in [4.78, 5) is 13.9. The highest BCUT2D eigenvalue weighted by molar-refractivity contribution is 5.82. The number of likely N-dealkylation sites (N-methyl/N-ethyl adjacent to an activating group) is 1. The molecule has 1 saturated carbocycles. The highest BCUT2D eigenvalue weighted by Crippen LogP contribution is 2.24. The Hall–Kier alpha value is -0.410. The Labute approximate surface area is 105 Å². The molecule has 0 spiro atoms. The molecule has 0 N–H and O–H groups in total. The minimum atomic E-state index is 0.352. The molecule has 1 saturated heterocycles. The van der Waals surface area contributed by atoms with Gasteiger partial charge in [-0.25, -0.2) is 0 Å². The lowest BCUT2D eigenvalue weighted by molar-refractivity contribution is -0.120. The number of ether oxygens (including phenoxy) is 1. The highest BCUT2D eigenvalue weighted by atomic mass is 16.5.